The van der Waals surface area contributed by atoms with Crippen LogP contribution in [-0.2, 0) is 14.3 Å². The summed E-state index contributed by atoms with van der Waals surface area (Å²) in [5.74, 6) is -1.27. The second-order valence-electron chi connectivity index (χ2n) is 4.11. The number of nitrogens with zero attached hydrogens (tertiary/aromatic N) is 2. The molecule has 1 aliphatic rings. The zero-order valence-corrected chi connectivity index (χ0v) is 11.2. The van der Waals surface area contributed by atoms with E-state index in [0.29, 0.717) is 6.54 Å². The monoisotopic (exact) mass is 282 g/mol. The van der Waals surface area contributed by atoms with Gasteiger partial charge >= 0.3 is 5.97 Å². The van der Waals surface area contributed by atoms with Crippen molar-refractivity contribution in [2.45, 2.75) is 13.0 Å². The SMILES string of the molecule is Cc1nc(/C=C/C(=O)N2CCO[C@H](C(=O)O)C2)cs1. The van der Waals surface area contributed by atoms with Gasteiger partial charge in [-0.3, -0.25) is 4.79 Å². The van der Waals surface area contributed by atoms with Crippen LogP contribution >= 0.6 is 11.3 Å². The molecule has 1 N–H and O–H groups in total. The number of aryl methyl sites for hydroxylation is 1. The predicted octanol–water partition coefficient (Wildman–Crippen LogP) is 0.777. The molecule has 0 aromatic carbocycles. The van der Waals surface area contributed by atoms with Crippen molar-refractivity contribution in [3.8, 4) is 0 Å². The Labute approximate surface area is 114 Å². The second kappa shape index (κ2) is 5.94. The first-order valence-corrected chi connectivity index (χ1v) is 6.68. The highest BCUT2D eigenvalue weighted by atomic mass is 32.1. The lowest BCUT2D eigenvalue weighted by Gasteiger charge is -2.30. The number of morpholine rings is 1. The summed E-state index contributed by atoms with van der Waals surface area (Å²) in [6.45, 7) is 2.62. The van der Waals surface area contributed by atoms with Gasteiger partial charge in [0.1, 0.15) is 0 Å². The number of carboxylic acid groups (broad SMARTS) is 1. The van der Waals surface area contributed by atoms with Gasteiger partial charge in [-0.2, -0.15) is 0 Å². The summed E-state index contributed by atoms with van der Waals surface area (Å²) in [6.07, 6.45) is 2.11. The van der Waals surface area contributed by atoms with Crippen molar-refractivity contribution in [1.82, 2.24) is 9.88 Å². The summed E-state index contributed by atoms with van der Waals surface area (Å²) < 4.78 is 5.06. The van der Waals surface area contributed by atoms with Crippen LogP contribution in [0.1, 0.15) is 10.7 Å². The van der Waals surface area contributed by atoms with Gasteiger partial charge in [0, 0.05) is 18.0 Å². The van der Waals surface area contributed by atoms with Crippen LogP contribution in [0.4, 0.5) is 0 Å². The molecule has 0 radical (unpaired) electrons. The molecule has 0 aliphatic carbocycles. The summed E-state index contributed by atoms with van der Waals surface area (Å²) >= 11 is 1.51. The molecule has 1 amide bonds. The van der Waals surface area contributed by atoms with Gasteiger partial charge < -0.3 is 14.7 Å². The molecule has 0 unspecified atom stereocenters. The highest BCUT2D eigenvalue weighted by molar-refractivity contribution is 7.09. The van der Waals surface area contributed by atoms with Crippen molar-refractivity contribution in [3.63, 3.8) is 0 Å². The minimum atomic E-state index is -1.04. The normalized spacial score (nSPS) is 19.8. The maximum atomic E-state index is 11.9. The molecule has 1 aromatic rings. The van der Waals surface area contributed by atoms with E-state index in [1.807, 2.05) is 12.3 Å². The van der Waals surface area contributed by atoms with Gasteiger partial charge in [-0.15, -0.1) is 11.3 Å². The molecule has 6 nitrogen and oxygen atoms in total. The van der Waals surface area contributed by atoms with Gasteiger partial charge in [-0.25, -0.2) is 9.78 Å². The molecule has 1 aliphatic heterocycles. The molecule has 102 valence electrons. The summed E-state index contributed by atoms with van der Waals surface area (Å²) in [7, 11) is 0. The molecule has 1 saturated heterocycles. The molecule has 0 saturated carbocycles. The first kappa shape index (κ1) is 13.7. The third-order valence-corrected chi connectivity index (χ3v) is 3.48. The van der Waals surface area contributed by atoms with E-state index < -0.39 is 12.1 Å². The standard InChI is InChI=1S/C12H14N2O4S/c1-8-13-9(7-19-8)2-3-11(15)14-4-5-18-10(6-14)12(16)17/h2-3,7,10H,4-6H2,1H3,(H,16,17)/b3-2+/t10-/m0/s1. The third-order valence-electron chi connectivity index (χ3n) is 2.69. The summed E-state index contributed by atoms with van der Waals surface area (Å²) in [5.41, 5.74) is 0.735. The van der Waals surface area contributed by atoms with E-state index in [2.05, 4.69) is 4.98 Å². The Balaban J connectivity index is 1.96. The van der Waals surface area contributed by atoms with Crippen LogP contribution in [0.25, 0.3) is 6.08 Å². The van der Waals surface area contributed by atoms with Crippen molar-refractivity contribution in [2.75, 3.05) is 19.7 Å². The lowest BCUT2D eigenvalue weighted by atomic mass is 10.2. The predicted molar refractivity (Wildman–Crippen MR) is 69.8 cm³/mol. The number of aliphatic carboxylic acids is 1. The van der Waals surface area contributed by atoms with E-state index in [4.69, 9.17) is 9.84 Å². The number of amides is 1. The van der Waals surface area contributed by atoms with Crippen LogP contribution in [0.15, 0.2) is 11.5 Å². The Morgan fingerprint density at radius 2 is 2.42 bits per heavy atom. The number of carboxylic acids is 1. The topological polar surface area (TPSA) is 79.7 Å². The minimum Gasteiger partial charge on any atom is -0.479 e. The Bertz CT molecular complexity index is 512. The molecule has 1 atom stereocenters. The molecular formula is C12H14N2O4S. The number of hydrogen-bond acceptors (Lipinski definition) is 5. The molecule has 7 heteroatoms. The zero-order valence-electron chi connectivity index (χ0n) is 10.4. The van der Waals surface area contributed by atoms with E-state index >= 15 is 0 Å². The van der Waals surface area contributed by atoms with Crippen LogP contribution in [0.5, 0.6) is 0 Å². The first-order valence-electron chi connectivity index (χ1n) is 5.80. The number of thiazole rings is 1. The van der Waals surface area contributed by atoms with Gasteiger partial charge in [-0.1, -0.05) is 0 Å². The van der Waals surface area contributed by atoms with Gasteiger partial charge in [0.15, 0.2) is 6.10 Å². The van der Waals surface area contributed by atoms with Crippen molar-refractivity contribution in [3.05, 3.63) is 22.2 Å². The second-order valence-corrected chi connectivity index (χ2v) is 5.17. The first-order chi connectivity index (χ1) is 9.06. The van der Waals surface area contributed by atoms with Gasteiger partial charge in [-0.05, 0) is 13.0 Å². The van der Waals surface area contributed by atoms with E-state index in [9.17, 15) is 9.59 Å². The molecular weight excluding hydrogens is 268 g/mol. The Kier molecular flexibility index (Phi) is 4.28. The molecule has 0 bridgehead atoms. The average molecular weight is 282 g/mol. The highest BCUT2D eigenvalue weighted by Crippen LogP contribution is 2.10. The van der Waals surface area contributed by atoms with E-state index in [1.165, 1.54) is 22.3 Å². The smallest absolute Gasteiger partial charge is 0.334 e. The molecule has 2 rings (SSSR count). The van der Waals surface area contributed by atoms with Crippen LogP contribution in [0.2, 0.25) is 0 Å². The van der Waals surface area contributed by atoms with Crippen molar-refractivity contribution < 1.29 is 19.4 Å². The molecule has 1 aromatic heterocycles. The van der Waals surface area contributed by atoms with Gasteiger partial charge in [0.05, 0.1) is 23.9 Å². The van der Waals surface area contributed by atoms with E-state index in [0.717, 1.165) is 10.7 Å². The number of hydrogen-bond donors (Lipinski definition) is 1. The summed E-state index contributed by atoms with van der Waals surface area (Å²) in [5, 5.41) is 11.7. The minimum absolute atomic E-state index is 0.0780. The Hall–Kier alpha value is -1.73. The maximum absolute atomic E-state index is 11.9. The average Bonchev–Trinajstić information content (AvgIpc) is 2.82. The number of ether oxygens (including phenoxy) is 1. The number of carbonyl (C=O) groups excluding carboxylic acids is 1. The molecule has 0 spiro atoms. The van der Waals surface area contributed by atoms with Crippen LogP contribution in [0, 0.1) is 6.92 Å². The summed E-state index contributed by atoms with van der Waals surface area (Å²) in [4.78, 5) is 28.4. The Morgan fingerprint density at radius 1 is 1.63 bits per heavy atom. The van der Waals surface area contributed by atoms with E-state index in [1.54, 1.807) is 6.08 Å². The number of rotatable bonds is 3. The number of carbonyl (C=O) groups is 2. The maximum Gasteiger partial charge on any atom is 0.334 e. The summed E-state index contributed by atoms with van der Waals surface area (Å²) in [6, 6.07) is 0. The fourth-order valence-corrected chi connectivity index (χ4v) is 2.30. The van der Waals surface area contributed by atoms with Gasteiger partial charge in [0.2, 0.25) is 5.91 Å². The van der Waals surface area contributed by atoms with Crippen LogP contribution < -0.4 is 0 Å². The molecule has 19 heavy (non-hydrogen) atoms. The Morgan fingerprint density at radius 3 is 3.05 bits per heavy atom. The third kappa shape index (κ3) is 3.62. The highest BCUT2D eigenvalue weighted by Gasteiger charge is 2.27. The quantitative estimate of drug-likeness (QED) is 0.829. The van der Waals surface area contributed by atoms with Gasteiger partial charge in [0.25, 0.3) is 0 Å². The lowest BCUT2D eigenvalue weighted by molar-refractivity contribution is -0.158. The van der Waals surface area contributed by atoms with Crippen LogP contribution in [-0.4, -0.2) is 52.7 Å². The fourth-order valence-electron chi connectivity index (χ4n) is 1.72. The van der Waals surface area contributed by atoms with Crippen molar-refractivity contribution >= 4 is 29.3 Å². The lowest BCUT2D eigenvalue weighted by Crippen LogP contribution is -2.48. The number of aromatic nitrogens is 1. The van der Waals surface area contributed by atoms with E-state index in [-0.39, 0.29) is 19.1 Å². The fraction of sp³-hybridized carbons (Fsp3) is 0.417. The van der Waals surface area contributed by atoms with Crippen LogP contribution in [0.3, 0.4) is 0 Å². The zero-order chi connectivity index (χ0) is 13.8. The van der Waals surface area contributed by atoms with Crippen molar-refractivity contribution in [1.29, 1.82) is 0 Å². The van der Waals surface area contributed by atoms with Crippen molar-refractivity contribution in [2.24, 2.45) is 0 Å². The molecule has 1 fully saturated rings. The largest absolute Gasteiger partial charge is 0.479 e. The molecule has 2 heterocycles.